The molecule has 2 saturated carbocycles. The van der Waals surface area contributed by atoms with Crippen molar-refractivity contribution in [3.05, 3.63) is 47.7 Å². The van der Waals surface area contributed by atoms with Crippen molar-refractivity contribution in [1.29, 1.82) is 0 Å². The highest BCUT2D eigenvalue weighted by molar-refractivity contribution is 5.89. The van der Waals surface area contributed by atoms with Crippen LogP contribution in [-0.4, -0.2) is 125 Å². The lowest BCUT2D eigenvalue weighted by Gasteiger charge is -2.47. The summed E-state index contributed by atoms with van der Waals surface area (Å²) in [6.45, 7) is 4.83. The summed E-state index contributed by atoms with van der Waals surface area (Å²) < 4.78 is 42.1. The van der Waals surface area contributed by atoms with Crippen LogP contribution < -0.4 is 0 Å². The van der Waals surface area contributed by atoms with E-state index in [0.717, 1.165) is 38.5 Å². The van der Waals surface area contributed by atoms with E-state index in [1.807, 2.05) is 13.8 Å². The molecule has 4 aliphatic rings. The molecule has 0 bridgehead atoms. The van der Waals surface area contributed by atoms with Gasteiger partial charge >= 0.3 is 11.9 Å². The number of carbonyl (C=O) groups is 2. The van der Waals surface area contributed by atoms with Crippen molar-refractivity contribution in [1.82, 2.24) is 0 Å². The number of rotatable bonds is 12. The fourth-order valence-corrected chi connectivity index (χ4v) is 7.54. The maximum absolute atomic E-state index is 13.6. The fourth-order valence-electron chi connectivity index (χ4n) is 7.54. The average molecular weight is 723 g/mol. The number of hydrogen-bond donors (Lipinski definition) is 5. The summed E-state index contributed by atoms with van der Waals surface area (Å²) in [5.41, 5.74) is 0.211. The number of benzene rings is 1. The van der Waals surface area contributed by atoms with Crippen molar-refractivity contribution in [2.75, 3.05) is 19.8 Å². The number of aliphatic hydroxyl groups is 5. The van der Waals surface area contributed by atoms with Crippen LogP contribution in [-0.2, 0) is 38.0 Å². The summed E-state index contributed by atoms with van der Waals surface area (Å²) in [5.74, 6) is -1.62. The van der Waals surface area contributed by atoms with Gasteiger partial charge in [0.05, 0.1) is 37.6 Å². The van der Waals surface area contributed by atoms with Gasteiger partial charge < -0.3 is 58.7 Å². The molecule has 14 nitrogen and oxygen atoms in total. The first-order chi connectivity index (χ1) is 24.5. The van der Waals surface area contributed by atoms with E-state index in [1.54, 1.807) is 43.3 Å². The summed E-state index contributed by atoms with van der Waals surface area (Å²) >= 11 is 0. The van der Waals surface area contributed by atoms with Gasteiger partial charge in [0.2, 0.25) is 5.76 Å². The molecule has 0 aromatic heterocycles. The van der Waals surface area contributed by atoms with Gasteiger partial charge in [0.1, 0.15) is 30.5 Å². The topological polar surface area (TPSA) is 200 Å². The van der Waals surface area contributed by atoms with Crippen LogP contribution in [0.4, 0.5) is 0 Å². The van der Waals surface area contributed by atoms with Gasteiger partial charge in [-0.3, -0.25) is 0 Å². The van der Waals surface area contributed by atoms with Gasteiger partial charge in [-0.2, -0.15) is 0 Å². The van der Waals surface area contributed by atoms with E-state index in [1.165, 1.54) is 0 Å². The zero-order chi connectivity index (χ0) is 36.7. The van der Waals surface area contributed by atoms with E-state index < -0.39 is 86.1 Å². The van der Waals surface area contributed by atoms with Gasteiger partial charge in [0.15, 0.2) is 24.8 Å². The number of esters is 2. The second-order valence-electron chi connectivity index (χ2n) is 14.3. The van der Waals surface area contributed by atoms with Gasteiger partial charge in [0.25, 0.3) is 0 Å². The van der Waals surface area contributed by atoms with E-state index in [2.05, 4.69) is 0 Å². The molecule has 4 fully saturated rings. The average Bonchev–Trinajstić information content (AvgIpc) is 3.12. The molecule has 2 heterocycles. The molecule has 2 aliphatic carbocycles. The zero-order valence-electron chi connectivity index (χ0n) is 29.5. The molecule has 286 valence electrons. The molecule has 1 aromatic rings. The molecule has 14 heteroatoms. The van der Waals surface area contributed by atoms with Crippen LogP contribution in [0.25, 0.3) is 0 Å². The quantitative estimate of drug-likeness (QED) is 0.119. The molecule has 2 saturated heterocycles. The second kappa shape index (κ2) is 18.4. The Morgan fingerprint density at radius 2 is 1.59 bits per heavy atom. The van der Waals surface area contributed by atoms with Crippen molar-refractivity contribution in [3.63, 3.8) is 0 Å². The smallest absolute Gasteiger partial charge is 0.373 e. The van der Waals surface area contributed by atoms with Gasteiger partial charge in [-0.05, 0) is 68.6 Å². The lowest BCUT2D eigenvalue weighted by Crippen LogP contribution is -2.63. The molecule has 0 amide bonds. The Bertz CT molecular complexity index is 1290. The summed E-state index contributed by atoms with van der Waals surface area (Å²) in [5, 5.41) is 52.8. The molecule has 5 N–H and O–H groups in total. The lowest BCUT2D eigenvalue weighted by molar-refractivity contribution is -0.340. The minimum absolute atomic E-state index is 0.0289. The highest BCUT2D eigenvalue weighted by Gasteiger charge is 2.53. The van der Waals surface area contributed by atoms with Crippen LogP contribution in [0.15, 0.2) is 42.2 Å². The molecule has 13 unspecified atom stereocenters. The van der Waals surface area contributed by atoms with Gasteiger partial charge in [-0.1, -0.05) is 51.3 Å². The molecule has 1 aromatic carbocycles. The highest BCUT2D eigenvalue weighted by Crippen LogP contribution is 2.38. The minimum Gasteiger partial charge on any atom is -0.476 e. The minimum atomic E-state index is -1.57. The monoisotopic (exact) mass is 722 g/mol. The van der Waals surface area contributed by atoms with Gasteiger partial charge in [0, 0.05) is 0 Å². The van der Waals surface area contributed by atoms with Crippen molar-refractivity contribution in [3.8, 4) is 0 Å². The summed E-state index contributed by atoms with van der Waals surface area (Å²) in [4.78, 5) is 26.9. The number of allylic oxidation sites excluding steroid dienone is 1. The Morgan fingerprint density at radius 3 is 2.27 bits per heavy atom. The first-order valence-electron chi connectivity index (χ1n) is 18.2. The molecule has 5 rings (SSSR count). The standard InChI is InChI=1S/C37H54O14/c1-4-45-35(44)26(17-22-11-7-5-8-12-22)47-32-29(41)27(18-38)49-37(33(32)50-34(43)23-13-9-6-10-14-23)48-25-16-20(2)15-21(3)31(25)51-36-30(42)28(40)24(39)19-46-36/h6,9-10,13-14,17,20-22,24-25,27-33,36-42H,4-5,7-8,11-12,15-16,18-19H2,1-3H3/b26-17-. The first kappa shape index (κ1) is 39.5. The van der Waals surface area contributed by atoms with Crippen LogP contribution in [0.3, 0.4) is 0 Å². The lowest BCUT2D eigenvalue weighted by atomic mass is 9.79. The van der Waals surface area contributed by atoms with E-state index in [-0.39, 0.29) is 42.3 Å². The van der Waals surface area contributed by atoms with E-state index in [9.17, 15) is 35.1 Å². The van der Waals surface area contributed by atoms with Crippen molar-refractivity contribution in [2.24, 2.45) is 17.8 Å². The third kappa shape index (κ3) is 9.86. The Hall–Kier alpha value is -2.66. The highest BCUT2D eigenvalue weighted by atomic mass is 16.7. The predicted molar refractivity (Wildman–Crippen MR) is 179 cm³/mol. The summed E-state index contributed by atoms with van der Waals surface area (Å²) in [6.07, 6.45) is -6.58. The predicted octanol–water partition coefficient (Wildman–Crippen LogP) is 1.98. The molecule has 0 radical (unpaired) electrons. The van der Waals surface area contributed by atoms with E-state index in [0.29, 0.717) is 6.42 Å². The third-order valence-electron chi connectivity index (χ3n) is 10.2. The second-order valence-corrected chi connectivity index (χ2v) is 14.3. The molecule has 51 heavy (non-hydrogen) atoms. The number of aliphatic hydroxyl groups excluding tert-OH is 5. The van der Waals surface area contributed by atoms with Crippen LogP contribution in [0, 0.1) is 17.8 Å². The Kier molecular flexibility index (Phi) is 14.3. The number of ether oxygens (including phenoxy) is 7. The molecule has 2 aliphatic heterocycles. The van der Waals surface area contributed by atoms with Crippen LogP contribution >= 0.6 is 0 Å². The van der Waals surface area contributed by atoms with Crippen LogP contribution in [0.2, 0.25) is 0 Å². The Labute approximate surface area is 298 Å². The normalized spacial score (nSPS) is 38.1. The van der Waals surface area contributed by atoms with E-state index in [4.69, 9.17) is 33.2 Å². The fraction of sp³-hybridized carbons (Fsp3) is 0.730. The van der Waals surface area contributed by atoms with Crippen LogP contribution in [0.5, 0.6) is 0 Å². The van der Waals surface area contributed by atoms with E-state index >= 15 is 0 Å². The number of carbonyl (C=O) groups excluding carboxylic acids is 2. The molecular weight excluding hydrogens is 668 g/mol. The van der Waals surface area contributed by atoms with Crippen molar-refractivity contribution in [2.45, 2.75) is 133 Å². The Morgan fingerprint density at radius 1 is 0.863 bits per heavy atom. The maximum atomic E-state index is 13.6. The molecular formula is C37H54O14. The van der Waals surface area contributed by atoms with Crippen LogP contribution in [0.1, 0.15) is 76.1 Å². The van der Waals surface area contributed by atoms with Crippen molar-refractivity contribution >= 4 is 11.9 Å². The first-order valence-corrected chi connectivity index (χ1v) is 18.2. The SMILES string of the molecule is CCOC(=O)/C(=C/C1CCCCC1)OC1C(O)C(CO)OC(OC2CC(C)CC(C)C2OC2OCC(O)C(O)C2O)C1OC(=O)c1ccccc1. The molecule has 13 atom stereocenters. The molecule has 0 spiro atoms. The summed E-state index contributed by atoms with van der Waals surface area (Å²) in [7, 11) is 0. The van der Waals surface area contributed by atoms with Gasteiger partial charge in [-0.25, -0.2) is 9.59 Å². The Balaban J connectivity index is 1.48. The van der Waals surface area contributed by atoms with Gasteiger partial charge in [-0.15, -0.1) is 0 Å². The summed E-state index contributed by atoms with van der Waals surface area (Å²) in [6, 6.07) is 8.21. The zero-order valence-corrected chi connectivity index (χ0v) is 29.5. The van der Waals surface area contributed by atoms with Crippen molar-refractivity contribution < 1.29 is 68.3 Å². The largest absolute Gasteiger partial charge is 0.476 e. The maximum Gasteiger partial charge on any atom is 0.373 e. The third-order valence-corrected chi connectivity index (χ3v) is 10.2. The number of hydrogen-bond acceptors (Lipinski definition) is 14.